The molecule has 0 saturated heterocycles. The number of phenols is 2. The van der Waals surface area contributed by atoms with E-state index in [0.717, 1.165) is 19.3 Å². The van der Waals surface area contributed by atoms with Crippen molar-refractivity contribution in [3.63, 3.8) is 0 Å². The number of amides is 1. The van der Waals surface area contributed by atoms with E-state index in [1.165, 1.54) is 23.1 Å². The molecule has 1 aliphatic rings. The van der Waals surface area contributed by atoms with Crippen LogP contribution in [0.2, 0.25) is 0 Å². The molecule has 1 saturated carbocycles. The van der Waals surface area contributed by atoms with E-state index in [9.17, 15) is 20.1 Å². The van der Waals surface area contributed by atoms with E-state index in [1.54, 1.807) is 7.05 Å². The van der Waals surface area contributed by atoms with Gasteiger partial charge in [-0.2, -0.15) is 0 Å². The lowest BCUT2D eigenvalue weighted by Crippen LogP contribution is -2.46. The summed E-state index contributed by atoms with van der Waals surface area (Å²) in [7, 11) is 1.66. The van der Waals surface area contributed by atoms with Gasteiger partial charge in [0.2, 0.25) is 0 Å². The highest BCUT2D eigenvalue weighted by atomic mass is 16.3. The Hall–Kier alpha value is -1.75. The first-order valence-electron chi connectivity index (χ1n) is 6.48. The Kier molecular flexibility index (Phi) is 3.95. The third kappa shape index (κ3) is 2.81. The Labute approximate surface area is 112 Å². The zero-order chi connectivity index (χ0) is 14.0. The molecule has 0 radical (unpaired) electrons. The van der Waals surface area contributed by atoms with Crippen LogP contribution in [0.1, 0.15) is 36.0 Å². The molecule has 1 aromatic rings. The molecule has 2 rings (SSSR count). The van der Waals surface area contributed by atoms with Crippen molar-refractivity contribution in [2.45, 2.75) is 37.8 Å². The van der Waals surface area contributed by atoms with E-state index in [0.29, 0.717) is 12.0 Å². The van der Waals surface area contributed by atoms with Crippen molar-refractivity contribution in [3.05, 3.63) is 23.8 Å². The highest BCUT2D eigenvalue weighted by Crippen LogP contribution is 2.27. The summed E-state index contributed by atoms with van der Waals surface area (Å²) in [5, 5.41) is 28.6. The second-order valence-corrected chi connectivity index (χ2v) is 5.04. The highest BCUT2D eigenvalue weighted by Gasteiger charge is 2.29. The summed E-state index contributed by atoms with van der Waals surface area (Å²) < 4.78 is 0. The largest absolute Gasteiger partial charge is 0.504 e. The average molecular weight is 265 g/mol. The lowest BCUT2D eigenvalue weighted by atomic mass is 9.91. The zero-order valence-electron chi connectivity index (χ0n) is 10.9. The first-order chi connectivity index (χ1) is 9.00. The normalized spacial score (nSPS) is 23.1. The van der Waals surface area contributed by atoms with E-state index in [-0.39, 0.29) is 23.4 Å². The predicted octanol–water partition coefficient (Wildman–Crippen LogP) is 1.47. The summed E-state index contributed by atoms with van der Waals surface area (Å²) in [6.07, 6.45) is 2.99. The molecule has 2 unspecified atom stereocenters. The molecule has 5 heteroatoms. The van der Waals surface area contributed by atoms with Crippen LogP contribution in [0.4, 0.5) is 0 Å². The quantitative estimate of drug-likeness (QED) is 0.707. The van der Waals surface area contributed by atoms with Crippen LogP contribution in [0, 0.1) is 0 Å². The van der Waals surface area contributed by atoms with Crippen molar-refractivity contribution in [1.82, 2.24) is 4.90 Å². The standard InChI is InChI=1S/C14H19NO4/c1-15(10-4-2-3-5-11(10)16)14(19)9-6-7-12(17)13(18)8-9/h6-8,10-11,16-18H,2-5H2,1H3. The molecule has 104 valence electrons. The summed E-state index contributed by atoms with van der Waals surface area (Å²) in [5.74, 6) is -0.832. The lowest BCUT2D eigenvalue weighted by Gasteiger charge is -2.35. The van der Waals surface area contributed by atoms with Crippen molar-refractivity contribution >= 4 is 5.91 Å². The third-order valence-electron chi connectivity index (χ3n) is 3.73. The summed E-state index contributed by atoms with van der Waals surface area (Å²) in [6.45, 7) is 0. The van der Waals surface area contributed by atoms with Crippen LogP contribution in [-0.4, -0.2) is 45.3 Å². The molecular formula is C14H19NO4. The second-order valence-electron chi connectivity index (χ2n) is 5.04. The maximum atomic E-state index is 12.3. The topological polar surface area (TPSA) is 81.0 Å². The van der Waals surface area contributed by atoms with Gasteiger partial charge in [-0.05, 0) is 31.0 Å². The number of aromatic hydroxyl groups is 2. The van der Waals surface area contributed by atoms with E-state index in [2.05, 4.69) is 0 Å². The van der Waals surface area contributed by atoms with Crippen LogP contribution in [0.15, 0.2) is 18.2 Å². The number of rotatable bonds is 2. The van der Waals surface area contributed by atoms with Gasteiger partial charge in [-0.15, -0.1) is 0 Å². The van der Waals surface area contributed by atoms with Gasteiger partial charge in [-0.3, -0.25) is 4.79 Å². The molecule has 1 aromatic carbocycles. The second kappa shape index (κ2) is 5.48. The minimum Gasteiger partial charge on any atom is -0.504 e. The Morgan fingerprint density at radius 2 is 1.89 bits per heavy atom. The van der Waals surface area contributed by atoms with Gasteiger partial charge in [0.05, 0.1) is 12.1 Å². The van der Waals surface area contributed by atoms with Gasteiger partial charge in [0.15, 0.2) is 11.5 Å². The van der Waals surface area contributed by atoms with Crippen molar-refractivity contribution in [3.8, 4) is 11.5 Å². The molecule has 19 heavy (non-hydrogen) atoms. The third-order valence-corrected chi connectivity index (χ3v) is 3.73. The number of likely N-dealkylation sites (N-methyl/N-ethyl adjacent to an activating group) is 1. The number of hydrogen-bond donors (Lipinski definition) is 3. The Balaban J connectivity index is 2.15. The highest BCUT2D eigenvalue weighted by molar-refractivity contribution is 5.95. The van der Waals surface area contributed by atoms with Crippen molar-refractivity contribution in [1.29, 1.82) is 0 Å². The summed E-state index contributed by atoms with van der Waals surface area (Å²) in [6, 6.07) is 3.80. The lowest BCUT2D eigenvalue weighted by molar-refractivity contribution is 0.0268. The smallest absolute Gasteiger partial charge is 0.254 e. The zero-order valence-corrected chi connectivity index (χ0v) is 10.9. The number of hydrogen-bond acceptors (Lipinski definition) is 4. The average Bonchev–Trinajstić information content (AvgIpc) is 2.41. The molecule has 1 aliphatic carbocycles. The molecule has 5 nitrogen and oxygen atoms in total. The Morgan fingerprint density at radius 3 is 2.53 bits per heavy atom. The fourth-order valence-corrected chi connectivity index (χ4v) is 2.55. The Bertz CT molecular complexity index is 475. The molecule has 1 amide bonds. The molecule has 1 fully saturated rings. The number of phenolic OH excluding ortho intramolecular Hbond substituents is 2. The molecule has 0 heterocycles. The van der Waals surface area contributed by atoms with E-state index in [1.807, 2.05) is 0 Å². The van der Waals surface area contributed by atoms with Crippen LogP contribution in [0.25, 0.3) is 0 Å². The van der Waals surface area contributed by atoms with Crippen LogP contribution in [-0.2, 0) is 0 Å². The fourth-order valence-electron chi connectivity index (χ4n) is 2.55. The van der Waals surface area contributed by atoms with Gasteiger partial charge < -0.3 is 20.2 Å². The van der Waals surface area contributed by atoms with Gasteiger partial charge in [-0.1, -0.05) is 12.8 Å². The maximum absolute atomic E-state index is 12.3. The fraction of sp³-hybridized carbons (Fsp3) is 0.500. The van der Waals surface area contributed by atoms with Gasteiger partial charge in [-0.25, -0.2) is 0 Å². The van der Waals surface area contributed by atoms with Gasteiger partial charge in [0.25, 0.3) is 5.91 Å². The number of carbonyl (C=O) groups is 1. The predicted molar refractivity (Wildman–Crippen MR) is 70.1 cm³/mol. The number of carbonyl (C=O) groups excluding carboxylic acids is 1. The Morgan fingerprint density at radius 1 is 1.21 bits per heavy atom. The van der Waals surface area contributed by atoms with E-state index >= 15 is 0 Å². The van der Waals surface area contributed by atoms with Crippen molar-refractivity contribution in [2.75, 3.05) is 7.05 Å². The van der Waals surface area contributed by atoms with Crippen LogP contribution < -0.4 is 0 Å². The van der Waals surface area contributed by atoms with Gasteiger partial charge >= 0.3 is 0 Å². The molecule has 0 aromatic heterocycles. The van der Waals surface area contributed by atoms with Gasteiger partial charge in [0.1, 0.15) is 0 Å². The molecule has 0 aliphatic heterocycles. The molecule has 2 atom stereocenters. The number of nitrogens with zero attached hydrogens (tertiary/aromatic N) is 1. The molecular weight excluding hydrogens is 246 g/mol. The number of benzene rings is 1. The van der Waals surface area contributed by atoms with E-state index < -0.39 is 6.10 Å². The molecule has 0 bridgehead atoms. The van der Waals surface area contributed by atoms with Crippen LogP contribution in [0.3, 0.4) is 0 Å². The SMILES string of the molecule is CN(C(=O)c1ccc(O)c(O)c1)C1CCCCC1O. The number of aliphatic hydroxyl groups excluding tert-OH is 1. The molecule has 0 spiro atoms. The van der Waals surface area contributed by atoms with Crippen LogP contribution in [0.5, 0.6) is 11.5 Å². The van der Waals surface area contributed by atoms with Gasteiger partial charge in [0, 0.05) is 12.6 Å². The van der Waals surface area contributed by atoms with Crippen LogP contribution >= 0.6 is 0 Å². The summed E-state index contributed by atoms with van der Waals surface area (Å²) in [4.78, 5) is 13.8. The van der Waals surface area contributed by atoms with Crippen molar-refractivity contribution in [2.24, 2.45) is 0 Å². The first-order valence-corrected chi connectivity index (χ1v) is 6.48. The van der Waals surface area contributed by atoms with Crippen molar-refractivity contribution < 1.29 is 20.1 Å². The maximum Gasteiger partial charge on any atom is 0.254 e. The minimum atomic E-state index is -0.492. The monoisotopic (exact) mass is 265 g/mol. The summed E-state index contributed by atoms with van der Waals surface area (Å²) >= 11 is 0. The summed E-state index contributed by atoms with van der Waals surface area (Å²) in [5.41, 5.74) is 0.301. The molecule has 3 N–H and O–H groups in total. The number of aliphatic hydroxyl groups is 1. The minimum absolute atomic E-state index is 0.183. The van der Waals surface area contributed by atoms with E-state index in [4.69, 9.17) is 0 Å². The first kappa shape index (κ1) is 13.7.